The van der Waals surface area contributed by atoms with E-state index < -0.39 is 12.0 Å². The third kappa shape index (κ3) is 1.07. The molecular formula is C9H7NO3. The van der Waals surface area contributed by atoms with Crippen LogP contribution in [-0.2, 0) is 4.79 Å². The van der Waals surface area contributed by atoms with Crippen LogP contribution in [0.25, 0.3) is 0 Å². The zero-order chi connectivity index (χ0) is 9.42. The first-order chi connectivity index (χ1) is 6.20. The molecule has 0 aromatic heterocycles. The standard InChI is InChI=1S/C9H7NO3/c11-8-6-4-2-1-3-5(6)7(10-8)9(12)13/h1-4,7H,(H,10,11)(H,12,13)/t7-/m1/s1. The van der Waals surface area contributed by atoms with Gasteiger partial charge in [-0.15, -0.1) is 0 Å². The van der Waals surface area contributed by atoms with Gasteiger partial charge in [0, 0.05) is 5.56 Å². The molecule has 0 saturated heterocycles. The maximum absolute atomic E-state index is 11.2. The number of carboxylic acid groups (broad SMARTS) is 1. The number of amides is 1. The van der Waals surface area contributed by atoms with Gasteiger partial charge in [-0.05, 0) is 11.6 Å². The average Bonchev–Trinajstić information content (AvgIpc) is 2.45. The van der Waals surface area contributed by atoms with E-state index in [-0.39, 0.29) is 5.91 Å². The first-order valence-electron chi connectivity index (χ1n) is 3.83. The number of aliphatic carboxylic acids is 1. The van der Waals surface area contributed by atoms with Gasteiger partial charge >= 0.3 is 5.97 Å². The van der Waals surface area contributed by atoms with E-state index in [4.69, 9.17) is 5.11 Å². The summed E-state index contributed by atoms with van der Waals surface area (Å²) in [6.07, 6.45) is 0. The molecule has 1 atom stereocenters. The Hall–Kier alpha value is -1.84. The fraction of sp³-hybridized carbons (Fsp3) is 0.111. The highest BCUT2D eigenvalue weighted by atomic mass is 16.4. The molecule has 66 valence electrons. The van der Waals surface area contributed by atoms with Gasteiger partial charge in [0.2, 0.25) is 0 Å². The van der Waals surface area contributed by atoms with Gasteiger partial charge in [0.15, 0.2) is 6.04 Å². The Morgan fingerprint density at radius 2 is 2.08 bits per heavy atom. The number of rotatable bonds is 1. The van der Waals surface area contributed by atoms with E-state index >= 15 is 0 Å². The summed E-state index contributed by atoms with van der Waals surface area (Å²) in [5.74, 6) is -1.35. The highest BCUT2D eigenvalue weighted by Crippen LogP contribution is 2.24. The Morgan fingerprint density at radius 1 is 1.38 bits per heavy atom. The average molecular weight is 177 g/mol. The number of hydrogen-bond donors (Lipinski definition) is 2. The Bertz CT molecular complexity index is 386. The van der Waals surface area contributed by atoms with Crippen LogP contribution in [0.1, 0.15) is 22.0 Å². The van der Waals surface area contributed by atoms with E-state index in [0.717, 1.165) is 0 Å². The number of nitrogens with one attached hydrogen (secondary N) is 1. The molecule has 1 amide bonds. The second-order valence-corrected chi connectivity index (χ2v) is 2.83. The molecule has 1 aromatic rings. The van der Waals surface area contributed by atoms with Gasteiger partial charge in [0.25, 0.3) is 5.91 Å². The van der Waals surface area contributed by atoms with Crippen molar-refractivity contribution in [2.75, 3.05) is 0 Å². The molecule has 2 rings (SSSR count). The zero-order valence-electron chi connectivity index (χ0n) is 6.65. The van der Waals surface area contributed by atoms with Crippen LogP contribution in [0.2, 0.25) is 0 Å². The van der Waals surface area contributed by atoms with Crippen molar-refractivity contribution in [2.45, 2.75) is 6.04 Å². The van der Waals surface area contributed by atoms with E-state index in [1.54, 1.807) is 24.3 Å². The summed E-state index contributed by atoms with van der Waals surface area (Å²) < 4.78 is 0. The quantitative estimate of drug-likeness (QED) is 0.658. The van der Waals surface area contributed by atoms with Crippen LogP contribution in [0, 0.1) is 0 Å². The number of benzene rings is 1. The Balaban J connectivity index is 2.53. The molecule has 1 aliphatic rings. The first-order valence-corrected chi connectivity index (χ1v) is 3.83. The SMILES string of the molecule is O=C1N[C@@H](C(=O)O)c2ccccc21. The maximum Gasteiger partial charge on any atom is 0.330 e. The van der Waals surface area contributed by atoms with Crippen LogP contribution >= 0.6 is 0 Å². The van der Waals surface area contributed by atoms with Gasteiger partial charge in [-0.1, -0.05) is 18.2 Å². The fourth-order valence-electron chi connectivity index (χ4n) is 1.44. The zero-order valence-corrected chi connectivity index (χ0v) is 6.65. The molecule has 1 heterocycles. The molecule has 0 aliphatic carbocycles. The molecule has 1 aromatic carbocycles. The molecule has 0 bridgehead atoms. The van der Waals surface area contributed by atoms with Gasteiger partial charge in [0.05, 0.1) is 0 Å². The van der Waals surface area contributed by atoms with Crippen LogP contribution in [0.3, 0.4) is 0 Å². The predicted octanol–water partition coefficient (Wildman–Crippen LogP) is 0.556. The summed E-state index contributed by atoms with van der Waals surface area (Å²) in [7, 11) is 0. The molecule has 4 nitrogen and oxygen atoms in total. The van der Waals surface area contributed by atoms with Crippen LogP contribution in [-0.4, -0.2) is 17.0 Å². The first kappa shape index (κ1) is 7.79. The van der Waals surface area contributed by atoms with Crippen molar-refractivity contribution >= 4 is 11.9 Å². The maximum atomic E-state index is 11.2. The molecule has 0 radical (unpaired) electrons. The Labute approximate surface area is 74.2 Å². The van der Waals surface area contributed by atoms with Gasteiger partial charge in [-0.2, -0.15) is 0 Å². The van der Waals surface area contributed by atoms with Crippen LogP contribution in [0.4, 0.5) is 0 Å². The molecule has 1 aliphatic heterocycles. The molecule has 2 N–H and O–H groups in total. The lowest BCUT2D eigenvalue weighted by Gasteiger charge is -2.03. The molecule has 4 heteroatoms. The minimum Gasteiger partial charge on any atom is -0.479 e. The highest BCUT2D eigenvalue weighted by Gasteiger charge is 2.32. The van der Waals surface area contributed by atoms with Crippen molar-refractivity contribution in [1.29, 1.82) is 0 Å². The topological polar surface area (TPSA) is 66.4 Å². The minimum atomic E-state index is -1.03. The summed E-state index contributed by atoms with van der Waals surface area (Å²) in [5.41, 5.74) is 0.995. The van der Waals surface area contributed by atoms with Crippen molar-refractivity contribution in [2.24, 2.45) is 0 Å². The molecule has 0 saturated carbocycles. The third-order valence-corrected chi connectivity index (χ3v) is 2.04. The fourth-order valence-corrected chi connectivity index (χ4v) is 1.44. The van der Waals surface area contributed by atoms with Crippen LogP contribution in [0.5, 0.6) is 0 Å². The summed E-state index contributed by atoms with van der Waals surface area (Å²) in [6.45, 7) is 0. The smallest absolute Gasteiger partial charge is 0.330 e. The summed E-state index contributed by atoms with van der Waals surface area (Å²) in [5, 5.41) is 11.1. The normalized spacial score (nSPS) is 19.4. The third-order valence-electron chi connectivity index (χ3n) is 2.04. The van der Waals surface area contributed by atoms with Crippen molar-refractivity contribution in [3.05, 3.63) is 35.4 Å². The van der Waals surface area contributed by atoms with Crippen molar-refractivity contribution in [3.63, 3.8) is 0 Å². The van der Waals surface area contributed by atoms with Gasteiger partial charge in [-0.3, -0.25) is 4.79 Å². The largest absolute Gasteiger partial charge is 0.479 e. The predicted molar refractivity (Wildman–Crippen MR) is 44.3 cm³/mol. The van der Waals surface area contributed by atoms with E-state index in [1.165, 1.54) is 0 Å². The van der Waals surface area contributed by atoms with Crippen molar-refractivity contribution in [1.82, 2.24) is 5.32 Å². The molecule has 0 fully saturated rings. The second kappa shape index (κ2) is 2.58. The molecule has 0 spiro atoms. The van der Waals surface area contributed by atoms with Crippen molar-refractivity contribution < 1.29 is 14.7 Å². The lowest BCUT2D eigenvalue weighted by atomic mass is 10.1. The number of carbonyl (C=O) groups excluding carboxylic acids is 1. The number of hydrogen-bond acceptors (Lipinski definition) is 2. The van der Waals surface area contributed by atoms with Gasteiger partial charge in [0.1, 0.15) is 0 Å². The Morgan fingerprint density at radius 3 is 2.77 bits per heavy atom. The summed E-state index contributed by atoms with van der Waals surface area (Å²) >= 11 is 0. The molecule has 13 heavy (non-hydrogen) atoms. The molecule has 0 unspecified atom stereocenters. The van der Waals surface area contributed by atoms with E-state index in [0.29, 0.717) is 11.1 Å². The van der Waals surface area contributed by atoms with Gasteiger partial charge in [-0.25, -0.2) is 4.79 Å². The summed E-state index contributed by atoms with van der Waals surface area (Å²) in [6, 6.07) is 5.81. The Kier molecular flexibility index (Phi) is 1.55. The number of fused-ring (bicyclic) bond motifs is 1. The summed E-state index contributed by atoms with van der Waals surface area (Å²) in [4.78, 5) is 21.9. The highest BCUT2D eigenvalue weighted by molar-refractivity contribution is 6.03. The minimum absolute atomic E-state index is 0.317. The van der Waals surface area contributed by atoms with E-state index in [2.05, 4.69) is 5.32 Å². The van der Waals surface area contributed by atoms with Gasteiger partial charge < -0.3 is 10.4 Å². The number of carboxylic acids is 1. The van der Waals surface area contributed by atoms with Crippen LogP contribution < -0.4 is 5.32 Å². The molecular weight excluding hydrogens is 170 g/mol. The monoisotopic (exact) mass is 177 g/mol. The number of carbonyl (C=O) groups is 2. The van der Waals surface area contributed by atoms with E-state index in [9.17, 15) is 9.59 Å². The van der Waals surface area contributed by atoms with Crippen LogP contribution in [0.15, 0.2) is 24.3 Å². The lowest BCUT2D eigenvalue weighted by Crippen LogP contribution is -2.25. The second-order valence-electron chi connectivity index (χ2n) is 2.83. The lowest BCUT2D eigenvalue weighted by molar-refractivity contribution is -0.139. The van der Waals surface area contributed by atoms with Crippen molar-refractivity contribution in [3.8, 4) is 0 Å². The van der Waals surface area contributed by atoms with E-state index in [1.807, 2.05) is 0 Å².